The van der Waals surface area contributed by atoms with Crippen LogP contribution in [0.15, 0.2) is 22.7 Å². The molecule has 0 heterocycles. The van der Waals surface area contributed by atoms with E-state index in [1.165, 1.54) is 6.07 Å². The molecule has 1 amide bonds. The fourth-order valence-electron chi connectivity index (χ4n) is 1.83. The van der Waals surface area contributed by atoms with Crippen LogP contribution in [0, 0.1) is 0 Å². The molecule has 1 aliphatic rings. The summed E-state index contributed by atoms with van der Waals surface area (Å²) >= 11 is 3.12. The molecule has 0 saturated heterocycles. The van der Waals surface area contributed by atoms with Gasteiger partial charge in [0.05, 0.1) is 5.56 Å². The molecule has 21 heavy (non-hydrogen) atoms. The maximum atomic E-state index is 12.5. The van der Waals surface area contributed by atoms with Crippen LogP contribution in [0.5, 0.6) is 0 Å². The van der Waals surface area contributed by atoms with Crippen LogP contribution in [-0.2, 0) is 11.0 Å². The molecule has 7 heteroatoms. The van der Waals surface area contributed by atoms with E-state index in [1.54, 1.807) is 0 Å². The molecule has 2 N–H and O–H groups in total. The van der Waals surface area contributed by atoms with Crippen molar-refractivity contribution < 1.29 is 18.0 Å². The number of benzene rings is 1. The number of hydrogen-bond acceptors (Lipinski definition) is 2. The Kier molecular flexibility index (Phi) is 5.13. The molecule has 116 valence electrons. The number of halogens is 4. The van der Waals surface area contributed by atoms with E-state index in [4.69, 9.17) is 0 Å². The number of anilines is 1. The maximum Gasteiger partial charge on any atom is 0.416 e. The molecule has 0 bridgehead atoms. The largest absolute Gasteiger partial charge is 0.416 e. The third-order valence-electron chi connectivity index (χ3n) is 3.13. The van der Waals surface area contributed by atoms with E-state index in [-0.39, 0.29) is 5.91 Å². The number of amides is 1. The maximum absolute atomic E-state index is 12.5. The Hall–Kier alpha value is -1.24. The first-order chi connectivity index (χ1) is 9.86. The highest BCUT2D eigenvalue weighted by molar-refractivity contribution is 9.10. The van der Waals surface area contributed by atoms with Crippen LogP contribution in [0.3, 0.4) is 0 Å². The van der Waals surface area contributed by atoms with Crippen LogP contribution in [0.4, 0.5) is 18.9 Å². The summed E-state index contributed by atoms with van der Waals surface area (Å²) < 4.78 is 37.9. The van der Waals surface area contributed by atoms with Crippen molar-refractivity contribution in [2.24, 2.45) is 0 Å². The van der Waals surface area contributed by atoms with Crippen molar-refractivity contribution in [1.29, 1.82) is 0 Å². The number of alkyl halides is 3. The second-order valence-corrected chi connectivity index (χ2v) is 5.92. The van der Waals surface area contributed by atoms with Gasteiger partial charge in [-0.15, -0.1) is 0 Å². The molecule has 0 atom stereocenters. The molecule has 0 aromatic heterocycles. The van der Waals surface area contributed by atoms with Crippen molar-refractivity contribution in [2.45, 2.75) is 37.9 Å². The third-order valence-corrected chi connectivity index (χ3v) is 3.79. The van der Waals surface area contributed by atoms with Gasteiger partial charge in [0.25, 0.3) is 0 Å². The standard InChI is InChI=1S/C14H16BrF3N2O/c15-11-8-9(14(16,17)18)3-6-12(11)19-7-1-2-13(21)20-10-4-5-10/h3,6,8,10,19H,1-2,4-5,7H2,(H,20,21). The molecule has 2 rings (SSSR count). The zero-order valence-electron chi connectivity index (χ0n) is 11.3. The number of hydrogen-bond donors (Lipinski definition) is 2. The Morgan fingerprint density at radius 3 is 2.62 bits per heavy atom. The number of carbonyl (C=O) groups excluding carboxylic acids is 1. The van der Waals surface area contributed by atoms with E-state index in [9.17, 15) is 18.0 Å². The van der Waals surface area contributed by atoms with Gasteiger partial charge in [-0.2, -0.15) is 13.2 Å². The van der Waals surface area contributed by atoms with Crippen molar-refractivity contribution in [3.63, 3.8) is 0 Å². The normalized spacial score (nSPS) is 14.9. The van der Waals surface area contributed by atoms with Gasteiger partial charge in [-0.1, -0.05) is 0 Å². The van der Waals surface area contributed by atoms with Crippen LogP contribution in [0.2, 0.25) is 0 Å². The second kappa shape index (κ2) is 6.68. The monoisotopic (exact) mass is 364 g/mol. The highest BCUT2D eigenvalue weighted by atomic mass is 79.9. The number of carbonyl (C=O) groups is 1. The van der Waals surface area contributed by atoms with Gasteiger partial charge in [-0.05, 0) is 53.4 Å². The minimum absolute atomic E-state index is 0.0331. The summed E-state index contributed by atoms with van der Waals surface area (Å²) in [6.45, 7) is 0.530. The van der Waals surface area contributed by atoms with Crippen molar-refractivity contribution in [1.82, 2.24) is 5.32 Å². The van der Waals surface area contributed by atoms with Crippen LogP contribution in [0.1, 0.15) is 31.2 Å². The van der Waals surface area contributed by atoms with Crippen LogP contribution in [0.25, 0.3) is 0 Å². The summed E-state index contributed by atoms with van der Waals surface area (Å²) in [6, 6.07) is 3.82. The summed E-state index contributed by atoms with van der Waals surface area (Å²) in [7, 11) is 0. The minimum atomic E-state index is -4.35. The lowest BCUT2D eigenvalue weighted by Gasteiger charge is -2.12. The van der Waals surface area contributed by atoms with Gasteiger partial charge in [-0.25, -0.2) is 0 Å². The van der Waals surface area contributed by atoms with Gasteiger partial charge in [-0.3, -0.25) is 4.79 Å². The summed E-state index contributed by atoms with van der Waals surface area (Å²) in [4.78, 5) is 11.5. The summed E-state index contributed by atoms with van der Waals surface area (Å²) in [5, 5.41) is 5.91. The predicted octanol–water partition coefficient (Wildman–Crippen LogP) is 3.94. The van der Waals surface area contributed by atoms with Gasteiger partial charge >= 0.3 is 6.18 Å². The van der Waals surface area contributed by atoms with Crippen molar-refractivity contribution in [2.75, 3.05) is 11.9 Å². The molecule has 0 unspecified atom stereocenters. The summed E-state index contributed by atoms with van der Waals surface area (Å²) in [6.07, 6.45) is -1.18. The molecule has 1 aromatic rings. The Balaban J connectivity index is 1.76. The zero-order chi connectivity index (χ0) is 15.5. The molecular weight excluding hydrogens is 349 g/mol. The summed E-state index contributed by atoms with van der Waals surface area (Å²) in [5.74, 6) is 0.0331. The molecular formula is C14H16BrF3N2O. The van der Waals surface area contributed by atoms with Gasteiger partial charge in [0.1, 0.15) is 0 Å². The molecule has 1 aliphatic carbocycles. The molecule has 0 spiro atoms. The number of nitrogens with one attached hydrogen (secondary N) is 2. The van der Waals surface area contributed by atoms with E-state index in [2.05, 4.69) is 26.6 Å². The van der Waals surface area contributed by atoms with E-state index in [0.717, 1.165) is 25.0 Å². The minimum Gasteiger partial charge on any atom is -0.384 e. The van der Waals surface area contributed by atoms with Gasteiger partial charge in [0.2, 0.25) is 5.91 Å². The smallest absolute Gasteiger partial charge is 0.384 e. The first kappa shape index (κ1) is 16.1. The second-order valence-electron chi connectivity index (χ2n) is 5.06. The Labute approximate surface area is 129 Å². The summed E-state index contributed by atoms with van der Waals surface area (Å²) in [5.41, 5.74) is -0.102. The average Bonchev–Trinajstić information content (AvgIpc) is 3.18. The van der Waals surface area contributed by atoms with Crippen LogP contribution < -0.4 is 10.6 Å². The van der Waals surface area contributed by atoms with Crippen molar-refractivity contribution in [3.8, 4) is 0 Å². The predicted molar refractivity (Wildman–Crippen MR) is 78.0 cm³/mol. The lowest BCUT2D eigenvalue weighted by atomic mass is 10.2. The lowest BCUT2D eigenvalue weighted by Crippen LogP contribution is -2.25. The zero-order valence-corrected chi connectivity index (χ0v) is 12.9. The lowest BCUT2D eigenvalue weighted by molar-refractivity contribution is -0.137. The highest BCUT2D eigenvalue weighted by Crippen LogP contribution is 2.33. The van der Waals surface area contributed by atoms with Gasteiger partial charge in [0.15, 0.2) is 0 Å². The van der Waals surface area contributed by atoms with Gasteiger partial charge < -0.3 is 10.6 Å². The van der Waals surface area contributed by atoms with Crippen LogP contribution in [-0.4, -0.2) is 18.5 Å². The van der Waals surface area contributed by atoms with Gasteiger partial charge in [0, 0.05) is 29.2 Å². The topological polar surface area (TPSA) is 41.1 Å². The average molecular weight is 365 g/mol. The van der Waals surface area contributed by atoms with Crippen molar-refractivity contribution >= 4 is 27.5 Å². The van der Waals surface area contributed by atoms with Crippen molar-refractivity contribution in [3.05, 3.63) is 28.2 Å². The first-order valence-corrected chi connectivity index (χ1v) is 7.55. The Bertz CT molecular complexity index is 515. The first-order valence-electron chi connectivity index (χ1n) is 6.76. The Morgan fingerprint density at radius 1 is 1.33 bits per heavy atom. The SMILES string of the molecule is O=C(CCCNc1ccc(C(F)(F)F)cc1Br)NC1CC1. The molecule has 0 aliphatic heterocycles. The molecule has 1 aromatic carbocycles. The molecule has 1 saturated carbocycles. The number of rotatable bonds is 6. The fourth-order valence-corrected chi connectivity index (χ4v) is 2.35. The van der Waals surface area contributed by atoms with E-state index >= 15 is 0 Å². The van der Waals surface area contributed by atoms with E-state index in [1.807, 2.05) is 0 Å². The van der Waals surface area contributed by atoms with Crippen LogP contribution >= 0.6 is 15.9 Å². The highest BCUT2D eigenvalue weighted by Gasteiger charge is 2.30. The molecule has 1 fully saturated rings. The van der Waals surface area contributed by atoms with E-state index in [0.29, 0.717) is 35.6 Å². The fraction of sp³-hybridized carbons (Fsp3) is 0.500. The van der Waals surface area contributed by atoms with E-state index < -0.39 is 11.7 Å². The quantitative estimate of drug-likeness (QED) is 0.750. The molecule has 0 radical (unpaired) electrons. The molecule has 3 nitrogen and oxygen atoms in total. The Morgan fingerprint density at radius 2 is 2.05 bits per heavy atom. The third kappa shape index (κ3) is 5.22.